The SMILES string of the molecule is [Al+3].[Mg+2].[O-2].[O-2].[Zn+2]. The van der Waals surface area contributed by atoms with Crippen LogP contribution in [0.5, 0.6) is 0 Å². The average Bonchev–Trinajstić information content (AvgIpc) is 0. The van der Waals surface area contributed by atoms with Crippen molar-refractivity contribution in [2.24, 2.45) is 0 Å². The van der Waals surface area contributed by atoms with Crippen LogP contribution in [0, 0.1) is 0 Å². The van der Waals surface area contributed by atoms with Crippen LogP contribution in [0.2, 0.25) is 0 Å². The molecule has 0 aromatic carbocycles. The third kappa shape index (κ3) is 25.4. The Labute approximate surface area is 70.4 Å². The molecule has 0 radical (unpaired) electrons. The maximum absolute atomic E-state index is 0. The molecule has 16 valence electrons. The van der Waals surface area contributed by atoms with Crippen LogP contribution in [0.3, 0.4) is 0 Å². The fourth-order valence-electron chi connectivity index (χ4n) is 0. The minimum Gasteiger partial charge on any atom is -2.00 e. The molecule has 5 heavy (non-hydrogen) atoms. The molecule has 0 atom stereocenters. The normalized spacial score (nSPS) is 0. The molecule has 2 nitrogen and oxygen atoms in total. The molecular formula is AlMgO2Zn+3. The molecule has 0 N–H and O–H groups in total. The van der Waals surface area contributed by atoms with Gasteiger partial charge in [-0.25, -0.2) is 0 Å². The van der Waals surface area contributed by atoms with Gasteiger partial charge < -0.3 is 11.0 Å². The molecule has 0 aliphatic heterocycles. The van der Waals surface area contributed by atoms with Crippen LogP contribution in [0.15, 0.2) is 0 Å². The van der Waals surface area contributed by atoms with Gasteiger partial charge in [-0.15, -0.1) is 0 Å². The second kappa shape index (κ2) is 40.4. The predicted molar refractivity (Wildman–Crippen MR) is 12.9 cm³/mol. The van der Waals surface area contributed by atoms with E-state index in [0.717, 1.165) is 0 Å². The van der Waals surface area contributed by atoms with Gasteiger partial charge in [-0.05, 0) is 0 Å². The van der Waals surface area contributed by atoms with Crippen molar-refractivity contribution < 1.29 is 30.4 Å². The van der Waals surface area contributed by atoms with Gasteiger partial charge >= 0.3 is 59.9 Å². The Hall–Kier alpha value is 1.84. The van der Waals surface area contributed by atoms with Gasteiger partial charge in [0.15, 0.2) is 0 Å². The molecule has 0 unspecified atom stereocenters. The molecule has 0 aromatic rings. The van der Waals surface area contributed by atoms with Gasteiger partial charge in [-0.2, -0.15) is 0 Å². The van der Waals surface area contributed by atoms with Crippen molar-refractivity contribution in [2.45, 2.75) is 0 Å². The summed E-state index contributed by atoms with van der Waals surface area (Å²) in [4.78, 5) is 0. The van der Waals surface area contributed by atoms with Crippen LogP contribution in [0.25, 0.3) is 0 Å². The molecule has 0 saturated heterocycles. The van der Waals surface area contributed by atoms with Gasteiger partial charge in [0.1, 0.15) is 0 Å². The third-order valence-electron chi connectivity index (χ3n) is 0. The first-order valence-electron chi connectivity index (χ1n) is 0. The summed E-state index contributed by atoms with van der Waals surface area (Å²) in [6.07, 6.45) is 0. The zero-order valence-electron chi connectivity index (χ0n) is 2.81. The fraction of sp³-hybridized carbons (Fsp3) is 0. The van der Waals surface area contributed by atoms with Gasteiger partial charge in [-0.3, -0.25) is 0 Å². The first-order chi connectivity index (χ1) is 0. The Morgan fingerprint density at radius 1 is 0.800 bits per heavy atom. The van der Waals surface area contributed by atoms with Gasteiger partial charge in [0.2, 0.25) is 0 Å². The second-order valence-corrected chi connectivity index (χ2v) is 0. The Bertz CT molecular complexity index is 9.61. The van der Waals surface area contributed by atoms with E-state index in [1.807, 2.05) is 0 Å². The summed E-state index contributed by atoms with van der Waals surface area (Å²) < 4.78 is 0. The first-order valence-corrected chi connectivity index (χ1v) is 0. The summed E-state index contributed by atoms with van der Waals surface area (Å²) in [6, 6.07) is 0. The maximum Gasteiger partial charge on any atom is 3.00 e. The van der Waals surface area contributed by atoms with E-state index in [-0.39, 0.29) is 70.8 Å². The minimum atomic E-state index is 0. The first kappa shape index (κ1) is 68.8. The zero-order chi connectivity index (χ0) is 0. The van der Waals surface area contributed by atoms with Crippen LogP contribution >= 0.6 is 0 Å². The van der Waals surface area contributed by atoms with Crippen molar-refractivity contribution in [3.05, 3.63) is 0 Å². The van der Waals surface area contributed by atoms with Crippen molar-refractivity contribution in [1.29, 1.82) is 0 Å². The largest absolute Gasteiger partial charge is 3.00 e. The standard InChI is InChI=1S/Al.Mg.2O.Zn/q+3;+2;2*-2;+2. The van der Waals surface area contributed by atoms with Gasteiger partial charge in [0, 0.05) is 0 Å². The molecule has 0 aliphatic carbocycles. The fourth-order valence-corrected chi connectivity index (χ4v) is 0. The van der Waals surface area contributed by atoms with Crippen LogP contribution < -0.4 is 0 Å². The average molecular weight is 149 g/mol. The van der Waals surface area contributed by atoms with E-state index in [9.17, 15) is 0 Å². The van der Waals surface area contributed by atoms with Gasteiger partial charge in [-0.1, -0.05) is 0 Å². The molecule has 0 bridgehead atoms. The molecule has 0 aliphatic rings. The van der Waals surface area contributed by atoms with Crippen molar-refractivity contribution in [1.82, 2.24) is 0 Å². The molecule has 5 heteroatoms. The van der Waals surface area contributed by atoms with E-state index >= 15 is 0 Å². The summed E-state index contributed by atoms with van der Waals surface area (Å²) in [5.74, 6) is 0. The summed E-state index contributed by atoms with van der Waals surface area (Å²) >= 11 is 0. The maximum atomic E-state index is 0. The molecule has 0 aromatic heterocycles. The molecule has 0 saturated carbocycles. The molecule has 0 heterocycles. The van der Waals surface area contributed by atoms with Crippen molar-refractivity contribution in [2.75, 3.05) is 0 Å². The number of hydrogen-bond donors (Lipinski definition) is 0. The van der Waals surface area contributed by atoms with E-state index in [1.165, 1.54) is 0 Å². The number of rotatable bonds is 0. The van der Waals surface area contributed by atoms with Gasteiger partial charge in [0.25, 0.3) is 0 Å². The monoisotopic (exact) mass is 147 g/mol. The molecule has 0 rings (SSSR count). The predicted octanol–water partition coefficient (Wildman–Crippen LogP) is -1.00. The van der Waals surface area contributed by atoms with Crippen molar-refractivity contribution in [3.8, 4) is 0 Å². The second-order valence-electron chi connectivity index (χ2n) is 0. The smallest absolute Gasteiger partial charge is 2.00 e. The van der Waals surface area contributed by atoms with Crippen molar-refractivity contribution in [3.63, 3.8) is 0 Å². The molecule has 0 spiro atoms. The van der Waals surface area contributed by atoms with E-state index in [0.29, 0.717) is 0 Å². The third-order valence-corrected chi connectivity index (χ3v) is 0. The molecule has 0 amide bonds. The van der Waals surface area contributed by atoms with E-state index in [1.54, 1.807) is 0 Å². The van der Waals surface area contributed by atoms with Crippen LogP contribution in [-0.4, -0.2) is 40.4 Å². The van der Waals surface area contributed by atoms with Gasteiger partial charge in [0.05, 0.1) is 0 Å². The minimum absolute atomic E-state index is 0. The summed E-state index contributed by atoms with van der Waals surface area (Å²) in [7, 11) is 0. The van der Waals surface area contributed by atoms with E-state index in [4.69, 9.17) is 0 Å². The quantitative estimate of drug-likeness (QED) is 0.396. The van der Waals surface area contributed by atoms with Crippen molar-refractivity contribution >= 4 is 40.4 Å². The summed E-state index contributed by atoms with van der Waals surface area (Å²) in [5.41, 5.74) is 0. The summed E-state index contributed by atoms with van der Waals surface area (Å²) in [6.45, 7) is 0. The van der Waals surface area contributed by atoms with Crippen LogP contribution in [0.1, 0.15) is 0 Å². The van der Waals surface area contributed by atoms with E-state index < -0.39 is 0 Å². The Balaban J connectivity index is 0. The molecular weight excluding hydrogens is 149 g/mol. The van der Waals surface area contributed by atoms with Crippen LogP contribution in [0.4, 0.5) is 0 Å². The Kier molecular flexibility index (Phi) is 556. The Morgan fingerprint density at radius 3 is 0.800 bits per heavy atom. The molecule has 0 fully saturated rings. The van der Waals surface area contributed by atoms with E-state index in [2.05, 4.69) is 0 Å². The number of hydrogen-bond acceptors (Lipinski definition) is 0. The Morgan fingerprint density at radius 2 is 0.800 bits per heavy atom. The topological polar surface area (TPSA) is 57.0 Å². The summed E-state index contributed by atoms with van der Waals surface area (Å²) in [5, 5.41) is 0. The zero-order valence-corrected chi connectivity index (χ0v) is 8.34. The van der Waals surface area contributed by atoms with Crippen LogP contribution in [-0.2, 0) is 30.4 Å².